The lowest BCUT2D eigenvalue weighted by atomic mass is 10.3. The van der Waals surface area contributed by atoms with Gasteiger partial charge in [-0.25, -0.2) is 10.8 Å². The van der Waals surface area contributed by atoms with Crippen molar-refractivity contribution in [1.82, 2.24) is 9.97 Å². The van der Waals surface area contributed by atoms with E-state index >= 15 is 0 Å². The Morgan fingerprint density at radius 3 is 2.05 bits per heavy atom. The maximum Gasteiger partial charge on any atom is 0.227 e. The fourth-order valence-electron chi connectivity index (χ4n) is 1.79. The lowest BCUT2D eigenvalue weighted by Crippen LogP contribution is -2.12. The van der Waals surface area contributed by atoms with Gasteiger partial charge in [0.2, 0.25) is 5.88 Å². The number of aromatic nitrogens is 2. The Morgan fingerprint density at radius 1 is 0.952 bits per heavy atom. The summed E-state index contributed by atoms with van der Waals surface area (Å²) in [6, 6.07) is 5.25. The highest BCUT2D eigenvalue weighted by molar-refractivity contribution is 5.50. The van der Waals surface area contributed by atoms with Crippen LogP contribution in [0, 0.1) is 13.8 Å². The van der Waals surface area contributed by atoms with Crippen molar-refractivity contribution in [3.63, 3.8) is 0 Å². The highest BCUT2D eigenvalue weighted by Crippen LogP contribution is 2.32. The molecule has 0 aliphatic rings. The van der Waals surface area contributed by atoms with E-state index in [-0.39, 0.29) is 0 Å². The molecule has 0 atom stereocenters. The van der Waals surface area contributed by atoms with Crippen molar-refractivity contribution in [1.29, 1.82) is 0 Å². The minimum atomic E-state index is 0.422. The van der Waals surface area contributed by atoms with Gasteiger partial charge in [-0.2, -0.15) is 4.98 Å². The van der Waals surface area contributed by atoms with E-state index in [4.69, 9.17) is 20.1 Å². The molecule has 0 spiro atoms. The number of aryl methyl sites for hydroxylation is 1. The minimum Gasteiger partial charge on any atom is -0.496 e. The molecule has 7 nitrogen and oxygen atoms in total. The topological polar surface area (TPSA) is 91.5 Å². The lowest BCUT2D eigenvalue weighted by molar-refractivity contribution is 0.384. The Labute approximate surface area is 123 Å². The first-order valence-corrected chi connectivity index (χ1v) is 6.30. The number of nitrogens with one attached hydrogen (secondary N) is 1. The predicted molar refractivity (Wildman–Crippen MR) is 78.9 cm³/mol. The van der Waals surface area contributed by atoms with Crippen LogP contribution in [0.15, 0.2) is 18.2 Å². The molecule has 7 heteroatoms. The second kappa shape index (κ2) is 6.27. The number of nitrogen functional groups attached to an aromatic ring is 1. The molecular formula is C14H18N4O3. The molecule has 0 saturated carbocycles. The van der Waals surface area contributed by atoms with Crippen LogP contribution in [0.1, 0.15) is 11.4 Å². The molecule has 2 rings (SSSR count). The number of benzene rings is 1. The van der Waals surface area contributed by atoms with Gasteiger partial charge in [0.15, 0.2) is 0 Å². The van der Waals surface area contributed by atoms with E-state index < -0.39 is 0 Å². The quantitative estimate of drug-likeness (QED) is 0.644. The SMILES string of the molecule is COc1cc(OC)cc(Oc2nc(C)nc(NN)c2C)c1. The summed E-state index contributed by atoms with van der Waals surface area (Å²) in [6.07, 6.45) is 0. The van der Waals surface area contributed by atoms with Crippen molar-refractivity contribution in [2.45, 2.75) is 13.8 Å². The zero-order chi connectivity index (χ0) is 15.4. The minimum absolute atomic E-state index is 0.422. The van der Waals surface area contributed by atoms with Gasteiger partial charge in [-0.1, -0.05) is 0 Å². The molecule has 3 N–H and O–H groups in total. The smallest absolute Gasteiger partial charge is 0.227 e. The van der Waals surface area contributed by atoms with Crippen LogP contribution < -0.4 is 25.5 Å². The summed E-state index contributed by atoms with van der Waals surface area (Å²) >= 11 is 0. The number of methoxy groups -OCH3 is 2. The van der Waals surface area contributed by atoms with E-state index in [2.05, 4.69) is 15.4 Å². The van der Waals surface area contributed by atoms with E-state index in [1.165, 1.54) is 0 Å². The highest BCUT2D eigenvalue weighted by Gasteiger charge is 2.12. The molecule has 0 saturated heterocycles. The summed E-state index contributed by atoms with van der Waals surface area (Å²) in [6.45, 7) is 3.58. The lowest BCUT2D eigenvalue weighted by Gasteiger charge is -2.13. The average Bonchev–Trinajstić information content (AvgIpc) is 2.50. The van der Waals surface area contributed by atoms with Gasteiger partial charge >= 0.3 is 0 Å². The Hall–Kier alpha value is -2.54. The number of anilines is 1. The first-order valence-electron chi connectivity index (χ1n) is 6.30. The Balaban J connectivity index is 2.40. The summed E-state index contributed by atoms with van der Waals surface area (Å²) in [5.41, 5.74) is 3.24. The van der Waals surface area contributed by atoms with E-state index in [1.54, 1.807) is 39.3 Å². The molecule has 21 heavy (non-hydrogen) atoms. The molecule has 1 aromatic heterocycles. The summed E-state index contributed by atoms with van der Waals surface area (Å²) < 4.78 is 16.2. The fraction of sp³-hybridized carbons (Fsp3) is 0.286. The summed E-state index contributed by atoms with van der Waals surface area (Å²) in [5.74, 6) is 8.74. The van der Waals surface area contributed by atoms with Crippen LogP contribution in [0.25, 0.3) is 0 Å². The molecule has 1 heterocycles. The molecule has 112 valence electrons. The van der Waals surface area contributed by atoms with Crippen LogP contribution in [0.2, 0.25) is 0 Å². The van der Waals surface area contributed by atoms with Gasteiger partial charge < -0.3 is 19.6 Å². The molecule has 0 aliphatic heterocycles. The standard InChI is InChI=1S/C14H18N4O3/c1-8-13(18-15)16-9(2)17-14(8)21-12-6-10(19-3)5-11(7-12)20-4/h5-7H,15H2,1-4H3,(H,16,17,18). The molecule has 2 aromatic rings. The van der Waals surface area contributed by atoms with E-state index in [0.717, 1.165) is 0 Å². The van der Waals surface area contributed by atoms with Crippen LogP contribution in [-0.4, -0.2) is 24.2 Å². The molecule has 1 aromatic carbocycles. The number of hydrazine groups is 1. The molecule has 0 amide bonds. The number of rotatable bonds is 5. The zero-order valence-corrected chi connectivity index (χ0v) is 12.4. The third-order valence-electron chi connectivity index (χ3n) is 2.89. The Kier molecular flexibility index (Phi) is 4.44. The zero-order valence-electron chi connectivity index (χ0n) is 12.4. The maximum atomic E-state index is 5.81. The first kappa shape index (κ1) is 14.9. The van der Waals surface area contributed by atoms with Gasteiger partial charge in [0, 0.05) is 18.2 Å². The molecule has 0 bridgehead atoms. The fourth-order valence-corrected chi connectivity index (χ4v) is 1.79. The highest BCUT2D eigenvalue weighted by atomic mass is 16.5. The first-order chi connectivity index (χ1) is 10.1. The molecule has 0 radical (unpaired) electrons. The average molecular weight is 290 g/mol. The van der Waals surface area contributed by atoms with Crippen LogP contribution in [0.3, 0.4) is 0 Å². The van der Waals surface area contributed by atoms with Crippen molar-refractivity contribution in [3.8, 4) is 23.1 Å². The summed E-state index contributed by atoms with van der Waals surface area (Å²) in [4.78, 5) is 8.46. The van der Waals surface area contributed by atoms with Crippen LogP contribution >= 0.6 is 0 Å². The molecular weight excluding hydrogens is 272 g/mol. The normalized spacial score (nSPS) is 10.1. The van der Waals surface area contributed by atoms with Gasteiger partial charge in [-0.05, 0) is 13.8 Å². The van der Waals surface area contributed by atoms with Crippen LogP contribution in [-0.2, 0) is 0 Å². The van der Waals surface area contributed by atoms with Crippen molar-refractivity contribution < 1.29 is 14.2 Å². The number of hydrogen-bond acceptors (Lipinski definition) is 7. The Bertz CT molecular complexity index is 624. The van der Waals surface area contributed by atoms with Gasteiger partial charge in [-0.15, -0.1) is 0 Å². The Morgan fingerprint density at radius 2 is 1.52 bits per heavy atom. The predicted octanol–water partition coefficient (Wildman–Crippen LogP) is 2.19. The largest absolute Gasteiger partial charge is 0.496 e. The summed E-state index contributed by atoms with van der Waals surface area (Å²) in [7, 11) is 3.16. The third kappa shape index (κ3) is 3.32. The van der Waals surface area contributed by atoms with Crippen molar-refractivity contribution >= 4 is 5.82 Å². The molecule has 0 unspecified atom stereocenters. The maximum absolute atomic E-state index is 5.81. The van der Waals surface area contributed by atoms with Crippen molar-refractivity contribution in [3.05, 3.63) is 29.6 Å². The molecule has 0 fully saturated rings. The summed E-state index contributed by atoms with van der Waals surface area (Å²) in [5, 5.41) is 0. The van der Waals surface area contributed by atoms with E-state index in [1.807, 2.05) is 6.92 Å². The van der Waals surface area contributed by atoms with Gasteiger partial charge in [0.1, 0.15) is 28.9 Å². The van der Waals surface area contributed by atoms with Gasteiger partial charge in [-0.3, -0.25) is 0 Å². The third-order valence-corrected chi connectivity index (χ3v) is 2.89. The number of hydrogen-bond donors (Lipinski definition) is 2. The van der Waals surface area contributed by atoms with Gasteiger partial charge in [0.05, 0.1) is 19.8 Å². The number of nitrogens with two attached hydrogens (primary N) is 1. The van der Waals surface area contributed by atoms with Crippen molar-refractivity contribution in [2.24, 2.45) is 5.84 Å². The van der Waals surface area contributed by atoms with E-state index in [0.29, 0.717) is 40.3 Å². The number of ether oxygens (including phenoxy) is 3. The second-order valence-electron chi connectivity index (χ2n) is 4.34. The van der Waals surface area contributed by atoms with Crippen molar-refractivity contribution in [2.75, 3.05) is 19.6 Å². The molecule has 0 aliphatic carbocycles. The van der Waals surface area contributed by atoms with Crippen LogP contribution in [0.5, 0.6) is 23.1 Å². The number of nitrogens with zero attached hydrogens (tertiary/aromatic N) is 2. The monoisotopic (exact) mass is 290 g/mol. The second-order valence-corrected chi connectivity index (χ2v) is 4.34. The van der Waals surface area contributed by atoms with Crippen LogP contribution in [0.4, 0.5) is 5.82 Å². The van der Waals surface area contributed by atoms with Gasteiger partial charge in [0.25, 0.3) is 0 Å². The van der Waals surface area contributed by atoms with E-state index in [9.17, 15) is 0 Å².